The molecule has 0 aliphatic carbocycles. The third-order valence-corrected chi connectivity index (χ3v) is 2.48. The van der Waals surface area contributed by atoms with Gasteiger partial charge in [-0.15, -0.1) is 0 Å². The van der Waals surface area contributed by atoms with E-state index in [0.717, 1.165) is 0 Å². The summed E-state index contributed by atoms with van der Waals surface area (Å²) in [5.74, 6) is 0.424. The van der Waals surface area contributed by atoms with E-state index in [1.165, 1.54) is 0 Å². The van der Waals surface area contributed by atoms with Crippen LogP contribution in [0.5, 0.6) is 5.75 Å². The smallest absolute Gasteiger partial charge is 0.173 e. The number of methoxy groups -OCH3 is 1. The van der Waals surface area contributed by atoms with Crippen LogP contribution in [0, 0.1) is 0 Å². The Kier molecular flexibility index (Phi) is 7.02. The molecule has 0 aliphatic rings. The summed E-state index contributed by atoms with van der Waals surface area (Å²) in [6.45, 7) is 1.81. The van der Waals surface area contributed by atoms with E-state index in [4.69, 9.17) is 36.8 Å². The van der Waals surface area contributed by atoms with Gasteiger partial charge in [-0.1, -0.05) is 16.8 Å². The van der Waals surface area contributed by atoms with Crippen LogP contribution in [0.15, 0.2) is 23.4 Å². The van der Waals surface area contributed by atoms with Gasteiger partial charge in [0.15, 0.2) is 5.84 Å². The Morgan fingerprint density at radius 2 is 2.05 bits per heavy atom. The number of hydrogen-bond donors (Lipinski definition) is 2. The number of benzene rings is 1. The number of halogens is 1. The monoisotopic (exact) mass is 288 g/mol. The molecule has 0 fully saturated rings. The molecule has 0 atom stereocenters. The zero-order valence-electron chi connectivity index (χ0n) is 10.6. The van der Waals surface area contributed by atoms with E-state index in [-0.39, 0.29) is 5.84 Å². The first kappa shape index (κ1) is 15.6. The van der Waals surface area contributed by atoms with Crippen LogP contribution in [0.4, 0.5) is 0 Å². The molecule has 0 spiro atoms. The maximum absolute atomic E-state index is 8.70. The second kappa shape index (κ2) is 8.58. The Bertz CT molecular complexity index is 426. The van der Waals surface area contributed by atoms with E-state index < -0.39 is 0 Å². The Balaban J connectivity index is 2.53. The highest BCUT2D eigenvalue weighted by atomic mass is 35.5. The zero-order chi connectivity index (χ0) is 14.1. The van der Waals surface area contributed by atoms with Gasteiger partial charge in [0.25, 0.3) is 0 Å². The molecule has 19 heavy (non-hydrogen) atoms. The molecule has 0 saturated carbocycles. The lowest BCUT2D eigenvalue weighted by Crippen LogP contribution is -2.16. The molecular weight excluding hydrogens is 272 g/mol. The van der Waals surface area contributed by atoms with Crippen LogP contribution in [0.3, 0.4) is 0 Å². The van der Waals surface area contributed by atoms with Gasteiger partial charge in [0.1, 0.15) is 12.4 Å². The van der Waals surface area contributed by atoms with E-state index in [1.54, 1.807) is 25.3 Å². The van der Waals surface area contributed by atoms with E-state index >= 15 is 0 Å². The van der Waals surface area contributed by atoms with Gasteiger partial charge in [-0.2, -0.15) is 0 Å². The van der Waals surface area contributed by atoms with Crippen molar-refractivity contribution in [3.8, 4) is 5.75 Å². The Labute approximate surface area is 116 Å². The minimum Gasteiger partial charge on any atom is -0.490 e. The molecule has 0 amide bonds. The van der Waals surface area contributed by atoms with Crippen molar-refractivity contribution in [1.82, 2.24) is 0 Å². The fourth-order valence-electron chi connectivity index (χ4n) is 1.34. The van der Waals surface area contributed by atoms with Crippen molar-refractivity contribution in [2.45, 2.75) is 0 Å². The first-order valence-corrected chi connectivity index (χ1v) is 6.03. The van der Waals surface area contributed by atoms with E-state index in [0.29, 0.717) is 42.8 Å². The highest BCUT2D eigenvalue weighted by Gasteiger charge is 2.09. The molecular formula is C12H17ClN2O4. The fourth-order valence-corrected chi connectivity index (χ4v) is 1.51. The van der Waals surface area contributed by atoms with Crippen LogP contribution >= 0.6 is 11.6 Å². The number of hydrogen-bond acceptors (Lipinski definition) is 5. The molecule has 6 nitrogen and oxygen atoms in total. The fraction of sp³-hybridized carbons (Fsp3) is 0.417. The van der Waals surface area contributed by atoms with Gasteiger partial charge in [-0.3, -0.25) is 0 Å². The van der Waals surface area contributed by atoms with Crippen molar-refractivity contribution in [3.63, 3.8) is 0 Å². The van der Waals surface area contributed by atoms with Gasteiger partial charge in [-0.05, 0) is 18.2 Å². The molecule has 0 saturated heterocycles. The van der Waals surface area contributed by atoms with E-state index in [2.05, 4.69) is 5.16 Å². The molecule has 0 bridgehead atoms. The maximum atomic E-state index is 8.70. The topological polar surface area (TPSA) is 86.3 Å². The summed E-state index contributed by atoms with van der Waals surface area (Å²) in [5, 5.41) is 12.1. The molecule has 1 rings (SSSR count). The number of rotatable bonds is 8. The Morgan fingerprint density at radius 1 is 1.32 bits per heavy atom. The number of oxime groups is 1. The van der Waals surface area contributed by atoms with Gasteiger partial charge in [0, 0.05) is 12.1 Å². The second-order valence-electron chi connectivity index (χ2n) is 3.58. The molecule has 1 aromatic rings. The standard InChI is InChI=1S/C12H17ClN2O4/c1-17-4-5-18-6-7-19-11-3-2-9(13)8-10(11)12(14)15-16/h2-3,8,16H,4-7H2,1H3,(H2,14,15). The molecule has 7 heteroatoms. The summed E-state index contributed by atoms with van der Waals surface area (Å²) in [6, 6.07) is 4.89. The molecule has 0 heterocycles. The van der Waals surface area contributed by atoms with Gasteiger partial charge in [0.05, 0.1) is 25.4 Å². The molecule has 0 radical (unpaired) electrons. The quantitative estimate of drug-likeness (QED) is 0.249. The largest absolute Gasteiger partial charge is 0.490 e. The first-order valence-electron chi connectivity index (χ1n) is 5.66. The molecule has 106 valence electrons. The summed E-state index contributed by atoms with van der Waals surface area (Å²) in [6.07, 6.45) is 0. The lowest BCUT2D eigenvalue weighted by molar-refractivity contribution is 0.0544. The molecule has 0 aliphatic heterocycles. The highest BCUT2D eigenvalue weighted by Crippen LogP contribution is 2.22. The van der Waals surface area contributed by atoms with Crippen LogP contribution in [0.1, 0.15) is 5.56 Å². The van der Waals surface area contributed by atoms with E-state index in [9.17, 15) is 0 Å². The highest BCUT2D eigenvalue weighted by molar-refractivity contribution is 6.31. The lowest BCUT2D eigenvalue weighted by atomic mass is 10.2. The summed E-state index contributed by atoms with van der Waals surface area (Å²) < 4.78 is 15.6. The summed E-state index contributed by atoms with van der Waals surface area (Å²) in [5.41, 5.74) is 5.98. The van der Waals surface area contributed by atoms with Crippen molar-refractivity contribution in [1.29, 1.82) is 0 Å². The lowest BCUT2D eigenvalue weighted by Gasteiger charge is -2.11. The van der Waals surface area contributed by atoms with Gasteiger partial charge in [0.2, 0.25) is 0 Å². The minimum atomic E-state index is -0.0576. The molecule has 0 aromatic heterocycles. The normalized spacial score (nSPS) is 11.6. The Morgan fingerprint density at radius 3 is 2.74 bits per heavy atom. The Hall–Kier alpha value is -1.50. The minimum absolute atomic E-state index is 0.0576. The average molecular weight is 289 g/mol. The van der Waals surface area contributed by atoms with Crippen LogP contribution in [0.25, 0.3) is 0 Å². The molecule has 1 aromatic carbocycles. The van der Waals surface area contributed by atoms with Crippen molar-refractivity contribution < 1.29 is 19.4 Å². The number of ether oxygens (including phenoxy) is 3. The van der Waals surface area contributed by atoms with Gasteiger partial charge < -0.3 is 25.2 Å². The number of nitrogens with zero attached hydrogens (tertiary/aromatic N) is 1. The van der Waals surface area contributed by atoms with Crippen LogP contribution in [-0.2, 0) is 9.47 Å². The van der Waals surface area contributed by atoms with Crippen LogP contribution in [0.2, 0.25) is 5.02 Å². The van der Waals surface area contributed by atoms with Gasteiger partial charge >= 0.3 is 0 Å². The van der Waals surface area contributed by atoms with Crippen LogP contribution < -0.4 is 10.5 Å². The number of amidine groups is 1. The molecule has 0 unspecified atom stereocenters. The maximum Gasteiger partial charge on any atom is 0.173 e. The summed E-state index contributed by atoms with van der Waals surface area (Å²) >= 11 is 5.85. The van der Waals surface area contributed by atoms with Gasteiger partial charge in [-0.25, -0.2) is 0 Å². The average Bonchev–Trinajstić information content (AvgIpc) is 2.43. The number of nitrogens with two attached hydrogens (primary N) is 1. The van der Waals surface area contributed by atoms with Crippen LogP contribution in [-0.4, -0.2) is 44.6 Å². The predicted molar refractivity (Wildman–Crippen MR) is 72.2 cm³/mol. The summed E-state index contributed by atoms with van der Waals surface area (Å²) in [4.78, 5) is 0. The third kappa shape index (κ3) is 5.34. The molecule has 3 N–H and O–H groups in total. The van der Waals surface area contributed by atoms with Crippen molar-refractivity contribution in [2.24, 2.45) is 10.9 Å². The zero-order valence-corrected chi connectivity index (χ0v) is 11.4. The third-order valence-electron chi connectivity index (χ3n) is 2.24. The summed E-state index contributed by atoms with van der Waals surface area (Å²) in [7, 11) is 1.61. The van der Waals surface area contributed by atoms with Crippen molar-refractivity contribution in [3.05, 3.63) is 28.8 Å². The van der Waals surface area contributed by atoms with E-state index in [1.807, 2.05) is 0 Å². The predicted octanol–water partition coefficient (Wildman–Crippen LogP) is 1.48. The van der Waals surface area contributed by atoms with Crippen molar-refractivity contribution >= 4 is 17.4 Å². The van der Waals surface area contributed by atoms with Crippen molar-refractivity contribution in [2.75, 3.05) is 33.5 Å². The first-order chi connectivity index (χ1) is 9.19. The second-order valence-corrected chi connectivity index (χ2v) is 4.02. The SMILES string of the molecule is COCCOCCOc1ccc(Cl)cc1/C(N)=N/O.